The molecule has 142 valence electrons. The SMILES string of the molecule is CCOc1ccccc1Nc1cnc(C(=O)Nc2ccc(C(C)=O)cc2)cn1. The Balaban J connectivity index is 1.67. The van der Waals surface area contributed by atoms with Crippen molar-refractivity contribution in [1.29, 1.82) is 0 Å². The highest BCUT2D eigenvalue weighted by atomic mass is 16.5. The van der Waals surface area contributed by atoms with Crippen LogP contribution in [0.5, 0.6) is 5.75 Å². The first-order chi connectivity index (χ1) is 13.6. The zero-order valence-corrected chi connectivity index (χ0v) is 15.6. The molecule has 3 aromatic rings. The van der Waals surface area contributed by atoms with Crippen molar-refractivity contribution < 1.29 is 14.3 Å². The van der Waals surface area contributed by atoms with E-state index >= 15 is 0 Å². The fraction of sp³-hybridized carbons (Fsp3) is 0.143. The van der Waals surface area contributed by atoms with Crippen molar-refractivity contribution >= 4 is 28.9 Å². The number of Topliss-reactive ketones (excluding diaryl/α,β-unsaturated/α-hetero) is 1. The Morgan fingerprint density at radius 1 is 1.00 bits per heavy atom. The number of rotatable bonds is 7. The molecule has 0 spiro atoms. The zero-order valence-electron chi connectivity index (χ0n) is 15.6. The molecule has 0 atom stereocenters. The predicted octanol–water partition coefficient (Wildman–Crippen LogP) is 4.07. The Hall–Kier alpha value is -3.74. The van der Waals surface area contributed by atoms with Crippen molar-refractivity contribution in [3.8, 4) is 5.75 Å². The molecule has 2 N–H and O–H groups in total. The van der Waals surface area contributed by atoms with E-state index in [0.717, 1.165) is 5.69 Å². The normalized spacial score (nSPS) is 10.2. The largest absolute Gasteiger partial charge is 0.492 e. The molecular formula is C21H20N4O3. The van der Waals surface area contributed by atoms with Crippen molar-refractivity contribution in [3.63, 3.8) is 0 Å². The van der Waals surface area contributed by atoms with Crippen molar-refractivity contribution in [2.75, 3.05) is 17.2 Å². The molecule has 0 unspecified atom stereocenters. The Morgan fingerprint density at radius 2 is 1.75 bits per heavy atom. The molecule has 1 aromatic heterocycles. The topological polar surface area (TPSA) is 93.2 Å². The quantitative estimate of drug-likeness (QED) is 0.604. The second-order valence-corrected chi connectivity index (χ2v) is 5.93. The molecule has 7 nitrogen and oxygen atoms in total. The molecule has 0 saturated heterocycles. The number of amides is 1. The van der Waals surface area contributed by atoms with Crippen LogP contribution in [0.2, 0.25) is 0 Å². The van der Waals surface area contributed by atoms with E-state index in [1.807, 2.05) is 31.2 Å². The number of benzene rings is 2. The maximum Gasteiger partial charge on any atom is 0.275 e. The summed E-state index contributed by atoms with van der Waals surface area (Å²) in [6.07, 6.45) is 2.88. The molecular weight excluding hydrogens is 356 g/mol. The van der Waals surface area contributed by atoms with Gasteiger partial charge in [0.2, 0.25) is 0 Å². The Bertz CT molecular complexity index is 970. The average Bonchev–Trinajstić information content (AvgIpc) is 2.70. The second kappa shape index (κ2) is 8.77. The molecule has 0 bridgehead atoms. The summed E-state index contributed by atoms with van der Waals surface area (Å²) in [7, 11) is 0. The van der Waals surface area contributed by atoms with Crippen LogP contribution in [0, 0.1) is 0 Å². The van der Waals surface area contributed by atoms with E-state index in [4.69, 9.17) is 4.74 Å². The minimum Gasteiger partial charge on any atom is -0.492 e. The van der Waals surface area contributed by atoms with Crippen LogP contribution >= 0.6 is 0 Å². The van der Waals surface area contributed by atoms with E-state index in [9.17, 15) is 9.59 Å². The molecule has 0 saturated carbocycles. The van der Waals surface area contributed by atoms with Gasteiger partial charge in [-0.2, -0.15) is 0 Å². The number of hydrogen-bond acceptors (Lipinski definition) is 6. The predicted molar refractivity (Wildman–Crippen MR) is 107 cm³/mol. The summed E-state index contributed by atoms with van der Waals surface area (Å²) in [6.45, 7) is 3.96. The molecule has 1 amide bonds. The third kappa shape index (κ3) is 4.70. The number of carbonyl (C=O) groups excluding carboxylic acids is 2. The molecule has 1 heterocycles. The fourth-order valence-electron chi connectivity index (χ4n) is 2.48. The molecule has 0 aliphatic rings. The van der Waals surface area contributed by atoms with Crippen LogP contribution in [0.15, 0.2) is 60.9 Å². The summed E-state index contributed by atoms with van der Waals surface area (Å²) in [5.41, 5.74) is 2.10. The Labute approximate surface area is 162 Å². The molecule has 2 aromatic carbocycles. The lowest BCUT2D eigenvalue weighted by Crippen LogP contribution is -2.14. The van der Waals surface area contributed by atoms with Gasteiger partial charge in [0, 0.05) is 11.3 Å². The Morgan fingerprint density at radius 3 is 2.39 bits per heavy atom. The maximum absolute atomic E-state index is 12.3. The van der Waals surface area contributed by atoms with Gasteiger partial charge in [-0.3, -0.25) is 9.59 Å². The number of para-hydroxylation sites is 2. The number of anilines is 3. The molecule has 0 aliphatic carbocycles. The van der Waals surface area contributed by atoms with Gasteiger partial charge < -0.3 is 15.4 Å². The van der Waals surface area contributed by atoms with Gasteiger partial charge in [0.1, 0.15) is 17.3 Å². The summed E-state index contributed by atoms with van der Waals surface area (Å²) >= 11 is 0. The standard InChI is InChI=1S/C21H20N4O3/c1-3-28-19-7-5-4-6-17(19)25-20-13-22-18(12-23-20)21(27)24-16-10-8-15(9-11-16)14(2)26/h4-13H,3H2,1-2H3,(H,23,25)(H,24,27). The van der Waals surface area contributed by atoms with E-state index in [-0.39, 0.29) is 17.4 Å². The van der Waals surface area contributed by atoms with Gasteiger partial charge in [0.15, 0.2) is 5.78 Å². The van der Waals surface area contributed by atoms with E-state index in [1.54, 1.807) is 24.3 Å². The fourth-order valence-corrected chi connectivity index (χ4v) is 2.48. The first-order valence-corrected chi connectivity index (χ1v) is 8.80. The van der Waals surface area contributed by atoms with Crippen molar-refractivity contribution in [2.45, 2.75) is 13.8 Å². The van der Waals surface area contributed by atoms with Crippen LogP contribution in [0.3, 0.4) is 0 Å². The summed E-state index contributed by atoms with van der Waals surface area (Å²) in [5, 5.41) is 5.85. The van der Waals surface area contributed by atoms with Crippen LogP contribution in [0.1, 0.15) is 34.7 Å². The first-order valence-electron chi connectivity index (χ1n) is 8.80. The van der Waals surface area contributed by atoms with Crippen molar-refractivity contribution in [3.05, 3.63) is 72.2 Å². The van der Waals surface area contributed by atoms with Crippen LogP contribution < -0.4 is 15.4 Å². The highest BCUT2D eigenvalue weighted by Crippen LogP contribution is 2.26. The zero-order chi connectivity index (χ0) is 19.9. The lowest BCUT2D eigenvalue weighted by Gasteiger charge is -2.11. The smallest absolute Gasteiger partial charge is 0.275 e. The van der Waals surface area contributed by atoms with Gasteiger partial charge in [0.05, 0.1) is 24.7 Å². The highest BCUT2D eigenvalue weighted by molar-refractivity contribution is 6.03. The van der Waals surface area contributed by atoms with E-state index in [1.165, 1.54) is 19.3 Å². The minimum absolute atomic E-state index is 0.0299. The lowest BCUT2D eigenvalue weighted by atomic mass is 10.1. The third-order valence-corrected chi connectivity index (χ3v) is 3.88. The highest BCUT2D eigenvalue weighted by Gasteiger charge is 2.10. The third-order valence-electron chi connectivity index (χ3n) is 3.88. The molecule has 0 aliphatic heterocycles. The number of nitrogens with one attached hydrogen (secondary N) is 2. The summed E-state index contributed by atoms with van der Waals surface area (Å²) in [6, 6.07) is 14.2. The summed E-state index contributed by atoms with van der Waals surface area (Å²) < 4.78 is 5.56. The number of ketones is 1. The van der Waals surface area contributed by atoms with Gasteiger partial charge in [-0.1, -0.05) is 12.1 Å². The number of hydrogen-bond donors (Lipinski definition) is 2. The minimum atomic E-state index is -0.385. The van der Waals surface area contributed by atoms with Gasteiger partial charge in [-0.25, -0.2) is 9.97 Å². The summed E-state index contributed by atoms with van der Waals surface area (Å²) in [5.74, 6) is 0.791. The van der Waals surface area contributed by atoms with Crippen LogP contribution in [0.4, 0.5) is 17.2 Å². The molecule has 0 fully saturated rings. The first kappa shape index (κ1) is 19.0. The van der Waals surface area contributed by atoms with Gasteiger partial charge in [-0.15, -0.1) is 0 Å². The van der Waals surface area contributed by atoms with Crippen LogP contribution in [0.25, 0.3) is 0 Å². The number of ether oxygens (including phenoxy) is 1. The van der Waals surface area contributed by atoms with Crippen LogP contribution in [-0.4, -0.2) is 28.3 Å². The Kier molecular flexibility index (Phi) is 5.96. The van der Waals surface area contributed by atoms with E-state index in [2.05, 4.69) is 20.6 Å². The number of carbonyl (C=O) groups is 2. The molecule has 3 rings (SSSR count). The molecule has 7 heteroatoms. The van der Waals surface area contributed by atoms with Crippen molar-refractivity contribution in [2.24, 2.45) is 0 Å². The maximum atomic E-state index is 12.3. The van der Waals surface area contributed by atoms with E-state index in [0.29, 0.717) is 29.4 Å². The number of aromatic nitrogens is 2. The number of nitrogens with zero attached hydrogens (tertiary/aromatic N) is 2. The van der Waals surface area contributed by atoms with Gasteiger partial charge >= 0.3 is 0 Å². The van der Waals surface area contributed by atoms with Gasteiger partial charge in [-0.05, 0) is 50.2 Å². The summed E-state index contributed by atoms with van der Waals surface area (Å²) in [4.78, 5) is 32.0. The molecule has 28 heavy (non-hydrogen) atoms. The molecule has 0 radical (unpaired) electrons. The monoisotopic (exact) mass is 376 g/mol. The van der Waals surface area contributed by atoms with Crippen LogP contribution in [-0.2, 0) is 0 Å². The van der Waals surface area contributed by atoms with E-state index < -0.39 is 0 Å². The van der Waals surface area contributed by atoms with Crippen molar-refractivity contribution in [1.82, 2.24) is 9.97 Å². The van der Waals surface area contributed by atoms with Gasteiger partial charge in [0.25, 0.3) is 5.91 Å². The lowest BCUT2D eigenvalue weighted by molar-refractivity contribution is 0.101. The second-order valence-electron chi connectivity index (χ2n) is 5.93. The average molecular weight is 376 g/mol.